The number of carbonyl (C=O) groups is 2. The number of amides is 2. The maximum Gasteiger partial charge on any atom is 0.416 e. The fraction of sp³-hybridized carbons (Fsp3) is 0.167. The van der Waals surface area contributed by atoms with Gasteiger partial charge < -0.3 is 10.2 Å². The van der Waals surface area contributed by atoms with Crippen LogP contribution in [0, 0.1) is 0 Å². The minimum absolute atomic E-state index is 0.00419. The van der Waals surface area contributed by atoms with E-state index in [1.165, 1.54) is 30.3 Å². The van der Waals surface area contributed by atoms with Gasteiger partial charge in [0, 0.05) is 30.0 Å². The molecule has 3 aromatic rings. The molecule has 7 nitrogen and oxygen atoms in total. The molecule has 0 bridgehead atoms. The third-order valence-corrected chi connectivity index (χ3v) is 7.41. The van der Waals surface area contributed by atoms with Crippen molar-refractivity contribution in [2.75, 3.05) is 11.9 Å². The second kappa shape index (κ2) is 8.12. The Morgan fingerprint density at radius 1 is 1.03 bits per heavy atom. The van der Waals surface area contributed by atoms with Crippen molar-refractivity contribution >= 4 is 33.2 Å². The maximum absolute atomic E-state index is 13.1. The fourth-order valence-corrected chi connectivity index (χ4v) is 5.47. The van der Waals surface area contributed by atoms with E-state index in [2.05, 4.69) is 5.32 Å². The molecule has 2 N–H and O–H groups in total. The van der Waals surface area contributed by atoms with Gasteiger partial charge in [0.15, 0.2) is 0 Å². The van der Waals surface area contributed by atoms with Crippen molar-refractivity contribution in [3.05, 3.63) is 88.5 Å². The van der Waals surface area contributed by atoms with Gasteiger partial charge in [-0.05, 0) is 66.1 Å². The molecule has 0 fully saturated rings. The molecular weight excluding hydrogens is 483 g/mol. The number of nitrogens with zero attached hydrogens (tertiary/aromatic N) is 1. The van der Waals surface area contributed by atoms with E-state index in [0.29, 0.717) is 18.7 Å². The first-order chi connectivity index (χ1) is 16.5. The van der Waals surface area contributed by atoms with Gasteiger partial charge in [0.25, 0.3) is 21.8 Å². The number of sulfonamides is 1. The van der Waals surface area contributed by atoms with E-state index >= 15 is 0 Å². The summed E-state index contributed by atoms with van der Waals surface area (Å²) in [5.74, 6) is -1.09. The first-order valence-corrected chi connectivity index (χ1v) is 12.1. The number of anilines is 2. The molecule has 0 saturated carbocycles. The summed E-state index contributed by atoms with van der Waals surface area (Å²) in [4.78, 5) is 26.3. The third-order valence-electron chi connectivity index (χ3n) is 6.03. The average Bonchev–Trinajstić information content (AvgIpc) is 3.05. The van der Waals surface area contributed by atoms with Gasteiger partial charge in [-0.2, -0.15) is 13.2 Å². The number of nitrogens with one attached hydrogen (secondary N) is 2. The van der Waals surface area contributed by atoms with Gasteiger partial charge in [0.1, 0.15) is 4.90 Å². The average molecular weight is 501 g/mol. The molecule has 2 aliphatic heterocycles. The summed E-state index contributed by atoms with van der Waals surface area (Å²) in [7, 11) is -3.98. The lowest BCUT2D eigenvalue weighted by molar-refractivity contribution is -0.137. The number of hydrogen-bond donors (Lipinski definition) is 2. The first-order valence-electron chi connectivity index (χ1n) is 10.6. The van der Waals surface area contributed by atoms with E-state index in [4.69, 9.17) is 0 Å². The van der Waals surface area contributed by atoms with Crippen LogP contribution in [0.2, 0.25) is 0 Å². The van der Waals surface area contributed by atoms with Crippen LogP contribution < -0.4 is 10.0 Å². The summed E-state index contributed by atoms with van der Waals surface area (Å²) in [6.07, 6.45) is -3.91. The molecule has 35 heavy (non-hydrogen) atoms. The van der Waals surface area contributed by atoms with Crippen molar-refractivity contribution in [3.63, 3.8) is 0 Å². The van der Waals surface area contributed by atoms with E-state index < -0.39 is 27.7 Å². The molecule has 0 atom stereocenters. The maximum atomic E-state index is 13.1. The molecule has 5 rings (SSSR count). The second-order valence-corrected chi connectivity index (χ2v) is 9.92. The van der Waals surface area contributed by atoms with Crippen molar-refractivity contribution in [2.24, 2.45) is 0 Å². The third kappa shape index (κ3) is 4.23. The molecule has 180 valence electrons. The quantitative estimate of drug-likeness (QED) is 0.564. The predicted molar refractivity (Wildman–Crippen MR) is 121 cm³/mol. The number of carbonyl (C=O) groups excluding carboxylic acids is 2. The van der Waals surface area contributed by atoms with Crippen LogP contribution in [0.1, 0.15) is 37.4 Å². The monoisotopic (exact) mass is 501 g/mol. The molecule has 0 spiro atoms. The van der Waals surface area contributed by atoms with E-state index in [1.807, 2.05) is 16.9 Å². The minimum Gasteiger partial charge on any atom is -0.355 e. The summed E-state index contributed by atoms with van der Waals surface area (Å²) < 4.78 is 64.6. The highest BCUT2D eigenvalue weighted by molar-refractivity contribution is 7.90. The minimum atomic E-state index is -4.41. The number of rotatable bonds is 3. The zero-order chi connectivity index (χ0) is 25.0. The zero-order valence-electron chi connectivity index (χ0n) is 18.0. The largest absolute Gasteiger partial charge is 0.416 e. The van der Waals surface area contributed by atoms with E-state index in [9.17, 15) is 31.2 Å². The van der Waals surface area contributed by atoms with Crippen LogP contribution in [-0.2, 0) is 29.2 Å². The highest BCUT2D eigenvalue weighted by Gasteiger charge is 2.34. The molecule has 0 saturated heterocycles. The van der Waals surface area contributed by atoms with Crippen molar-refractivity contribution < 1.29 is 31.2 Å². The van der Waals surface area contributed by atoms with Gasteiger partial charge in [-0.3, -0.25) is 9.59 Å². The van der Waals surface area contributed by atoms with Crippen molar-refractivity contribution in [1.82, 2.24) is 9.62 Å². The molecule has 3 aromatic carbocycles. The summed E-state index contributed by atoms with van der Waals surface area (Å²) in [6.45, 7) is 0.635. The summed E-state index contributed by atoms with van der Waals surface area (Å²) in [5.41, 5.74) is 2.49. The van der Waals surface area contributed by atoms with Gasteiger partial charge in [-0.25, -0.2) is 13.1 Å². The first kappa shape index (κ1) is 22.9. The molecule has 0 aromatic heterocycles. The van der Waals surface area contributed by atoms with Gasteiger partial charge in [-0.15, -0.1) is 0 Å². The second-order valence-electron chi connectivity index (χ2n) is 8.27. The van der Waals surface area contributed by atoms with E-state index in [-0.39, 0.29) is 28.5 Å². The Hall–Kier alpha value is -3.86. The molecule has 11 heteroatoms. The Morgan fingerprint density at radius 2 is 1.77 bits per heavy atom. The highest BCUT2D eigenvalue weighted by atomic mass is 32.2. The molecule has 2 aliphatic rings. The smallest absolute Gasteiger partial charge is 0.355 e. The fourth-order valence-electron chi connectivity index (χ4n) is 4.28. The summed E-state index contributed by atoms with van der Waals surface area (Å²) >= 11 is 0. The van der Waals surface area contributed by atoms with Crippen LogP contribution >= 0.6 is 0 Å². The standard InChI is InChI=1S/C24H18F3N3O4S/c25-24(26,27)16-5-7-17(8-6-16)28-20-3-1-2-15-13-30(11-10-18(15)20)23(32)14-4-9-19-21(12-14)35(33,34)29-22(19)31/h1-9,12,28H,10-11,13H2,(H,29,31). The lowest BCUT2D eigenvalue weighted by Crippen LogP contribution is -2.36. The van der Waals surface area contributed by atoms with Crippen LogP contribution in [0.4, 0.5) is 24.5 Å². The van der Waals surface area contributed by atoms with Gasteiger partial charge >= 0.3 is 6.18 Å². The van der Waals surface area contributed by atoms with Crippen molar-refractivity contribution in [2.45, 2.75) is 24.0 Å². The molecular formula is C24H18F3N3O4S. The van der Waals surface area contributed by atoms with Crippen LogP contribution in [-0.4, -0.2) is 31.7 Å². The zero-order valence-corrected chi connectivity index (χ0v) is 18.8. The van der Waals surface area contributed by atoms with Crippen LogP contribution in [0.15, 0.2) is 65.6 Å². The highest BCUT2D eigenvalue weighted by Crippen LogP contribution is 2.33. The summed E-state index contributed by atoms with van der Waals surface area (Å²) in [6, 6.07) is 14.2. The Bertz CT molecular complexity index is 1470. The molecule has 2 heterocycles. The number of alkyl halides is 3. The number of hydrogen-bond acceptors (Lipinski definition) is 5. The van der Waals surface area contributed by atoms with Crippen LogP contribution in [0.5, 0.6) is 0 Å². The molecule has 0 aliphatic carbocycles. The Balaban J connectivity index is 1.35. The number of halogens is 3. The Labute approximate surface area is 198 Å². The van der Waals surface area contributed by atoms with E-state index in [1.54, 1.807) is 11.0 Å². The molecule has 2 amide bonds. The van der Waals surface area contributed by atoms with Crippen LogP contribution in [0.3, 0.4) is 0 Å². The predicted octanol–water partition coefficient (Wildman–Crippen LogP) is 4.08. The Morgan fingerprint density at radius 3 is 2.49 bits per heavy atom. The lowest BCUT2D eigenvalue weighted by atomic mass is 9.96. The Kier molecular flexibility index (Phi) is 5.32. The lowest BCUT2D eigenvalue weighted by Gasteiger charge is -2.30. The summed E-state index contributed by atoms with van der Waals surface area (Å²) in [5, 5.41) is 3.15. The number of benzene rings is 3. The van der Waals surface area contributed by atoms with Gasteiger partial charge in [-0.1, -0.05) is 12.1 Å². The molecule has 0 radical (unpaired) electrons. The van der Waals surface area contributed by atoms with Gasteiger partial charge in [0.2, 0.25) is 0 Å². The SMILES string of the molecule is O=C1NS(=O)(=O)c2cc(C(=O)N3CCc4c(cccc4Nc4ccc(C(F)(F)F)cc4)C3)ccc21. The van der Waals surface area contributed by atoms with E-state index in [0.717, 1.165) is 28.9 Å². The van der Waals surface area contributed by atoms with Gasteiger partial charge in [0.05, 0.1) is 11.1 Å². The normalized spacial score (nSPS) is 16.3. The van der Waals surface area contributed by atoms with Crippen molar-refractivity contribution in [3.8, 4) is 0 Å². The van der Waals surface area contributed by atoms with Crippen LogP contribution in [0.25, 0.3) is 0 Å². The number of fused-ring (bicyclic) bond motifs is 2. The van der Waals surface area contributed by atoms with Crippen molar-refractivity contribution in [1.29, 1.82) is 0 Å². The molecule has 0 unspecified atom stereocenters. The topological polar surface area (TPSA) is 95.6 Å².